The van der Waals surface area contributed by atoms with Gasteiger partial charge in [-0.15, -0.1) is 0 Å². The molecule has 0 aliphatic carbocycles. The topological polar surface area (TPSA) is 61.7 Å². The first-order chi connectivity index (χ1) is 11.0. The van der Waals surface area contributed by atoms with Crippen LogP contribution in [0.5, 0.6) is 5.75 Å². The van der Waals surface area contributed by atoms with Crippen molar-refractivity contribution in [3.05, 3.63) is 64.1 Å². The van der Waals surface area contributed by atoms with Crippen molar-refractivity contribution in [2.45, 2.75) is 13.8 Å². The number of aliphatic imine (C=N–C) groups is 1. The Balaban J connectivity index is 1.91. The van der Waals surface area contributed by atoms with Crippen LogP contribution in [0.4, 0.5) is 5.69 Å². The van der Waals surface area contributed by atoms with E-state index in [1.807, 2.05) is 50.3 Å². The molecule has 116 valence electrons. The van der Waals surface area contributed by atoms with Crippen LogP contribution < -0.4 is 5.32 Å². The monoisotopic (exact) mass is 324 g/mol. The van der Waals surface area contributed by atoms with Gasteiger partial charge in [-0.3, -0.25) is 4.79 Å². The van der Waals surface area contributed by atoms with Crippen molar-refractivity contribution in [1.29, 1.82) is 0 Å². The second-order valence-electron chi connectivity index (χ2n) is 5.28. The molecular weight excluding hydrogens is 308 g/mol. The maximum absolute atomic E-state index is 12.1. The van der Waals surface area contributed by atoms with E-state index in [1.54, 1.807) is 12.1 Å². The Kier molecular flexibility index (Phi) is 4.21. The quantitative estimate of drug-likeness (QED) is 0.824. The number of aromatic hydroxyl groups is 1. The maximum atomic E-state index is 12.1. The number of benzene rings is 2. The predicted molar refractivity (Wildman–Crippen MR) is 94.8 cm³/mol. The summed E-state index contributed by atoms with van der Waals surface area (Å²) in [6, 6.07) is 13.1. The van der Waals surface area contributed by atoms with Gasteiger partial charge in [-0.05, 0) is 54.4 Å². The molecule has 0 bridgehead atoms. The van der Waals surface area contributed by atoms with Crippen molar-refractivity contribution in [3.63, 3.8) is 0 Å². The van der Waals surface area contributed by atoms with Gasteiger partial charge in [0.2, 0.25) is 0 Å². The van der Waals surface area contributed by atoms with Crippen LogP contribution in [-0.4, -0.2) is 16.2 Å². The van der Waals surface area contributed by atoms with Crippen LogP contribution in [0.3, 0.4) is 0 Å². The van der Waals surface area contributed by atoms with Gasteiger partial charge in [-0.2, -0.15) is 0 Å². The smallest absolute Gasteiger partial charge is 0.264 e. The van der Waals surface area contributed by atoms with Gasteiger partial charge in [-0.1, -0.05) is 36.4 Å². The van der Waals surface area contributed by atoms with E-state index < -0.39 is 0 Å². The lowest BCUT2D eigenvalue weighted by molar-refractivity contribution is -0.115. The second-order valence-corrected chi connectivity index (χ2v) is 6.31. The highest BCUT2D eigenvalue weighted by atomic mass is 32.2. The van der Waals surface area contributed by atoms with Crippen molar-refractivity contribution in [3.8, 4) is 5.75 Å². The zero-order valence-electron chi connectivity index (χ0n) is 12.8. The highest BCUT2D eigenvalue weighted by Gasteiger charge is 2.24. The molecule has 1 aliphatic heterocycles. The molecule has 0 spiro atoms. The number of carbonyl (C=O) groups is 1. The van der Waals surface area contributed by atoms with Gasteiger partial charge in [-0.25, -0.2) is 4.99 Å². The number of phenolic OH excluding ortho intramolecular Hbond substituents is 1. The third kappa shape index (κ3) is 3.29. The molecule has 1 amide bonds. The van der Waals surface area contributed by atoms with E-state index in [0.29, 0.717) is 15.8 Å². The lowest BCUT2D eigenvalue weighted by atomic mass is 10.1. The average Bonchev–Trinajstić information content (AvgIpc) is 2.85. The first-order valence-corrected chi connectivity index (χ1v) is 8.00. The number of aryl methyl sites for hydroxylation is 2. The number of rotatable bonds is 2. The van der Waals surface area contributed by atoms with Gasteiger partial charge in [0.15, 0.2) is 5.17 Å². The Morgan fingerprint density at radius 2 is 1.83 bits per heavy atom. The fraction of sp³-hybridized carbons (Fsp3) is 0.111. The number of hydrogen-bond acceptors (Lipinski definition) is 4. The van der Waals surface area contributed by atoms with E-state index in [1.165, 1.54) is 11.8 Å². The van der Waals surface area contributed by atoms with Gasteiger partial charge in [0, 0.05) is 0 Å². The molecule has 2 N–H and O–H groups in total. The van der Waals surface area contributed by atoms with Crippen LogP contribution in [0.25, 0.3) is 6.08 Å². The van der Waals surface area contributed by atoms with Crippen molar-refractivity contribution in [2.24, 2.45) is 4.99 Å². The third-order valence-electron chi connectivity index (χ3n) is 3.56. The molecule has 1 heterocycles. The molecule has 2 aromatic carbocycles. The summed E-state index contributed by atoms with van der Waals surface area (Å²) >= 11 is 1.27. The standard InChI is InChI=1S/C18H16N2O2S/c1-11-6-3-4-8-13(11)10-15-17(22)20-18(23-15)19-16-12(2)7-5-9-14(16)21/h3-10,21H,1-2H3,(H,19,20,22)/b15-10-. The van der Waals surface area contributed by atoms with Crippen LogP contribution in [0.1, 0.15) is 16.7 Å². The number of hydrogen-bond donors (Lipinski definition) is 2. The van der Waals surface area contributed by atoms with Crippen LogP contribution >= 0.6 is 11.8 Å². The lowest BCUT2D eigenvalue weighted by Crippen LogP contribution is -2.19. The van der Waals surface area contributed by atoms with E-state index >= 15 is 0 Å². The van der Waals surface area contributed by atoms with Gasteiger partial charge in [0.05, 0.1) is 4.91 Å². The Bertz CT molecular complexity index is 820. The number of phenols is 1. The minimum Gasteiger partial charge on any atom is -0.506 e. The highest BCUT2D eigenvalue weighted by Crippen LogP contribution is 2.33. The number of amides is 1. The summed E-state index contributed by atoms with van der Waals surface area (Å²) < 4.78 is 0. The fourth-order valence-electron chi connectivity index (χ4n) is 2.26. The second kappa shape index (κ2) is 6.30. The van der Waals surface area contributed by atoms with Crippen LogP contribution in [0.15, 0.2) is 52.4 Å². The van der Waals surface area contributed by atoms with E-state index in [4.69, 9.17) is 0 Å². The number of amidine groups is 1. The Hall–Kier alpha value is -2.53. The first-order valence-electron chi connectivity index (χ1n) is 7.18. The van der Waals surface area contributed by atoms with Gasteiger partial charge in [0.1, 0.15) is 11.4 Å². The molecule has 1 saturated heterocycles. The number of carbonyl (C=O) groups excluding carboxylic acids is 1. The highest BCUT2D eigenvalue weighted by molar-refractivity contribution is 8.18. The maximum Gasteiger partial charge on any atom is 0.264 e. The fourth-order valence-corrected chi connectivity index (χ4v) is 3.08. The number of para-hydroxylation sites is 1. The van der Waals surface area contributed by atoms with Gasteiger partial charge in [0.25, 0.3) is 5.91 Å². The number of nitrogens with one attached hydrogen (secondary N) is 1. The minimum absolute atomic E-state index is 0.101. The van der Waals surface area contributed by atoms with Crippen molar-refractivity contribution in [1.82, 2.24) is 5.32 Å². The molecule has 0 radical (unpaired) electrons. The molecule has 1 fully saturated rings. The van der Waals surface area contributed by atoms with Crippen molar-refractivity contribution in [2.75, 3.05) is 0 Å². The summed E-state index contributed by atoms with van der Waals surface area (Å²) in [6.45, 7) is 3.87. The predicted octanol–water partition coefficient (Wildman–Crippen LogP) is 3.90. The van der Waals surface area contributed by atoms with E-state index in [9.17, 15) is 9.90 Å². The number of thioether (sulfide) groups is 1. The summed E-state index contributed by atoms with van der Waals surface area (Å²) in [4.78, 5) is 17.1. The summed E-state index contributed by atoms with van der Waals surface area (Å²) in [7, 11) is 0. The molecule has 2 aromatic rings. The largest absolute Gasteiger partial charge is 0.506 e. The zero-order chi connectivity index (χ0) is 16.4. The molecule has 5 heteroatoms. The van der Waals surface area contributed by atoms with Crippen LogP contribution in [0, 0.1) is 13.8 Å². The van der Waals surface area contributed by atoms with Crippen LogP contribution in [0.2, 0.25) is 0 Å². The molecule has 0 unspecified atom stereocenters. The van der Waals surface area contributed by atoms with Crippen molar-refractivity contribution >= 4 is 34.6 Å². The lowest BCUT2D eigenvalue weighted by Gasteiger charge is -2.03. The SMILES string of the molecule is Cc1ccccc1/C=C1\SC(=Nc2c(C)cccc2O)NC1=O. The van der Waals surface area contributed by atoms with E-state index in [2.05, 4.69) is 10.3 Å². The molecule has 0 atom stereocenters. The third-order valence-corrected chi connectivity index (χ3v) is 4.47. The van der Waals surface area contributed by atoms with Crippen molar-refractivity contribution < 1.29 is 9.90 Å². The molecule has 23 heavy (non-hydrogen) atoms. The van der Waals surface area contributed by atoms with E-state index in [0.717, 1.165) is 16.7 Å². The molecule has 4 nitrogen and oxygen atoms in total. The van der Waals surface area contributed by atoms with Crippen LogP contribution in [-0.2, 0) is 4.79 Å². The molecular formula is C18H16N2O2S. The average molecular weight is 324 g/mol. The minimum atomic E-state index is -0.176. The summed E-state index contributed by atoms with van der Waals surface area (Å²) in [5.74, 6) is -0.0752. The van der Waals surface area contributed by atoms with E-state index in [-0.39, 0.29) is 11.7 Å². The first kappa shape index (κ1) is 15.4. The molecule has 1 aliphatic rings. The Morgan fingerprint density at radius 1 is 1.09 bits per heavy atom. The summed E-state index contributed by atoms with van der Waals surface area (Å²) in [5.41, 5.74) is 3.44. The Morgan fingerprint density at radius 3 is 2.57 bits per heavy atom. The van der Waals surface area contributed by atoms with Gasteiger partial charge >= 0.3 is 0 Å². The normalized spacial score (nSPS) is 17.7. The summed E-state index contributed by atoms with van der Waals surface area (Å²) in [5, 5.41) is 13.1. The number of nitrogens with zero attached hydrogens (tertiary/aromatic N) is 1. The molecule has 0 aromatic heterocycles. The van der Waals surface area contributed by atoms with Gasteiger partial charge < -0.3 is 10.4 Å². The molecule has 0 saturated carbocycles. The Labute approximate surface area is 139 Å². The zero-order valence-corrected chi connectivity index (χ0v) is 13.6. The molecule has 3 rings (SSSR count). The summed E-state index contributed by atoms with van der Waals surface area (Å²) in [6.07, 6.45) is 1.86.